The van der Waals surface area contributed by atoms with Gasteiger partial charge in [0, 0.05) is 26.1 Å². The molecule has 0 radical (unpaired) electrons. The summed E-state index contributed by atoms with van der Waals surface area (Å²) in [6, 6.07) is 14.5. The second-order valence-corrected chi connectivity index (χ2v) is 5.13. The molecule has 1 aliphatic heterocycles. The third-order valence-corrected chi connectivity index (χ3v) is 3.74. The zero-order valence-corrected chi connectivity index (χ0v) is 11.2. The molecule has 1 aliphatic rings. The first-order chi connectivity index (χ1) is 9.74. The first-order valence-corrected chi connectivity index (χ1v) is 6.81. The summed E-state index contributed by atoms with van der Waals surface area (Å²) in [7, 11) is 0. The number of Topliss-reactive ketones (excluding diaryl/α,β-unsaturated/α-hetero) is 1. The second kappa shape index (κ2) is 5.55. The van der Waals surface area contributed by atoms with Crippen LogP contribution in [0.15, 0.2) is 48.5 Å². The average Bonchev–Trinajstić information content (AvgIpc) is 2.88. The Bertz CT molecular complexity index is 613. The maximum absolute atomic E-state index is 13.5. The second-order valence-electron chi connectivity index (χ2n) is 5.13. The molecule has 0 N–H and O–H groups in total. The molecule has 0 bridgehead atoms. The number of halogens is 1. The van der Waals surface area contributed by atoms with Crippen molar-refractivity contribution < 1.29 is 9.18 Å². The van der Waals surface area contributed by atoms with Crippen LogP contribution in [0.5, 0.6) is 0 Å². The Hall–Kier alpha value is -2.00. The van der Waals surface area contributed by atoms with Crippen molar-refractivity contribution in [2.24, 2.45) is 0 Å². The smallest absolute Gasteiger partial charge is 0.167 e. The highest BCUT2D eigenvalue weighted by Gasteiger charge is 2.19. The lowest BCUT2D eigenvalue weighted by Crippen LogP contribution is -2.20. The Morgan fingerprint density at radius 2 is 1.60 bits per heavy atom. The highest BCUT2D eigenvalue weighted by molar-refractivity contribution is 5.96. The Balaban J connectivity index is 1.59. The Labute approximate surface area is 117 Å². The number of carbonyl (C=O) groups is 1. The molecular formula is C17H16FNO. The lowest BCUT2D eigenvalue weighted by Gasteiger charge is -2.14. The van der Waals surface area contributed by atoms with E-state index in [2.05, 4.69) is 17.0 Å². The molecule has 0 amide bonds. The fraction of sp³-hybridized carbons (Fsp3) is 0.235. The van der Waals surface area contributed by atoms with Gasteiger partial charge < -0.3 is 0 Å². The lowest BCUT2D eigenvalue weighted by molar-refractivity contribution is 0.0959. The number of ketones is 1. The Morgan fingerprint density at radius 1 is 1.00 bits per heavy atom. The van der Waals surface area contributed by atoms with Crippen LogP contribution < -0.4 is 0 Å². The fourth-order valence-electron chi connectivity index (χ4n) is 2.64. The van der Waals surface area contributed by atoms with Gasteiger partial charge in [-0.25, -0.2) is 4.39 Å². The first kappa shape index (κ1) is 13.0. The Kier molecular flexibility index (Phi) is 3.61. The van der Waals surface area contributed by atoms with Crippen LogP contribution in [0.3, 0.4) is 0 Å². The highest BCUT2D eigenvalue weighted by Crippen LogP contribution is 2.22. The van der Waals surface area contributed by atoms with E-state index < -0.39 is 5.82 Å². The van der Waals surface area contributed by atoms with Crippen LogP contribution >= 0.6 is 0 Å². The SMILES string of the molecule is O=C(CCN1Cc2ccccc2C1)c1ccccc1F. The van der Waals surface area contributed by atoms with Crippen LogP contribution in [0, 0.1) is 5.82 Å². The highest BCUT2D eigenvalue weighted by atomic mass is 19.1. The third-order valence-electron chi connectivity index (χ3n) is 3.74. The number of hydrogen-bond donors (Lipinski definition) is 0. The molecule has 2 aromatic rings. The van der Waals surface area contributed by atoms with Crippen LogP contribution in [0.1, 0.15) is 27.9 Å². The van der Waals surface area contributed by atoms with Crippen molar-refractivity contribution in [3.8, 4) is 0 Å². The van der Waals surface area contributed by atoms with Crippen molar-refractivity contribution >= 4 is 5.78 Å². The number of nitrogens with zero attached hydrogens (tertiary/aromatic N) is 1. The average molecular weight is 269 g/mol. The predicted octanol–water partition coefficient (Wildman–Crippen LogP) is 3.41. The van der Waals surface area contributed by atoms with E-state index in [0.717, 1.165) is 13.1 Å². The lowest BCUT2D eigenvalue weighted by atomic mass is 10.1. The molecule has 0 aliphatic carbocycles. The van der Waals surface area contributed by atoms with Crippen LogP contribution in [0.25, 0.3) is 0 Å². The van der Waals surface area contributed by atoms with E-state index in [4.69, 9.17) is 0 Å². The van der Waals surface area contributed by atoms with Crippen LogP contribution in [-0.2, 0) is 13.1 Å². The van der Waals surface area contributed by atoms with Gasteiger partial charge in [-0.2, -0.15) is 0 Å². The molecule has 20 heavy (non-hydrogen) atoms. The molecule has 102 valence electrons. The summed E-state index contributed by atoms with van der Waals surface area (Å²) >= 11 is 0. The fourth-order valence-corrected chi connectivity index (χ4v) is 2.64. The summed E-state index contributed by atoms with van der Waals surface area (Å²) in [5, 5.41) is 0. The topological polar surface area (TPSA) is 20.3 Å². The van der Waals surface area contributed by atoms with Crippen molar-refractivity contribution in [3.63, 3.8) is 0 Å². The summed E-state index contributed by atoms with van der Waals surface area (Å²) in [6.07, 6.45) is 0.356. The quantitative estimate of drug-likeness (QED) is 0.793. The molecule has 0 fully saturated rings. The van der Waals surface area contributed by atoms with Crippen molar-refractivity contribution in [3.05, 3.63) is 71.0 Å². The summed E-state index contributed by atoms with van der Waals surface area (Å²) in [4.78, 5) is 14.3. The molecule has 2 aromatic carbocycles. The van der Waals surface area contributed by atoms with Crippen LogP contribution in [0.4, 0.5) is 4.39 Å². The van der Waals surface area contributed by atoms with Gasteiger partial charge in [-0.15, -0.1) is 0 Å². The van der Waals surface area contributed by atoms with Gasteiger partial charge in [0.05, 0.1) is 5.56 Å². The minimum absolute atomic E-state index is 0.126. The molecule has 0 saturated carbocycles. The van der Waals surface area contributed by atoms with E-state index in [1.54, 1.807) is 18.2 Å². The van der Waals surface area contributed by atoms with Gasteiger partial charge in [0.2, 0.25) is 0 Å². The van der Waals surface area contributed by atoms with E-state index in [9.17, 15) is 9.18 Å². The third kappa shape index (κ3) is 2.63. The maximum atomic E-state index is 13.5. The molecule has 0 spiro atoms. The molecule has 0 aromatic heterocycles. The van der Waals surface area contributed by atoms with Crippen LogP contribution in [0.2, 0.25) is 0 Å². The maximum Gasteiger partial charge on any atom is 0.167 e. The van der Waals surface area contributed by atoms with E-state index in [-0.39, 0.29) is 11.3 Å². The minimum atomic E-state index is -0.429. The van der Waals surface area contributed by atoms with Crippen molar-refractivity contribution in [1.82, 2.24) is 4.90 Å². The van der Waals surface area contributed by atoms with Gasteiger partial charge in [0.25, 0.3) is 0 Å². The van der Waals surface area contributed by atoms with E-state index in [1.165, 1.54) is 17.2 Å². The van der Waals surface area contributed by atoms with Crippen molar-refractivity contribution in [2.45, 2.75) is 19.5 Å². The zero-order chi connectivity index (χ0) is 13.9. The first-order valence-electron chi connectivity index (χ1n) is 6.81. The summed E-state index contributed by atoms with van der Waals surface area (Å²) < 4.78 is 13.5. The Morgan fingerprint density at radius 3 is 2.25 bits per heavy atom. The molecule has 0 saturated heterocycles. The number of hydrogen-bond acceptors (Lipinski definition) is 2. The van der Waals surface area contributed by atoms with Crippen molar-refractivity contribution in [1.29, 1.82) is 0 Å². The zero-order valence-electron chi connectivity index (χ0n) is 11.2. The summed E-state index contributed by atoms with van der Waals surface area (Å²) in [6.45, 7) is 2.42. The molecule has 2 nitrogen and oxygen atoms in total. The molecule has 1 heterocycles. The monoisotopic (exact) mass is 269 g/mol. The van der Waals surface area contributed by atoms with Crippen LogP contribution in [-0.4, -0.2) is 17.2 Å². The summed E-state index contributed by atoms with van der Waals surface area (Å²) in [5.41, 5.74) is 2.85. The normalized spacial score (nSPS) is 14.2. The molecule has 0 unspecified atom stereocenters. The van der Waals surface area contributed by atoms with Crippen molar-refractivity contribution in [2.75, 3.05) is 6.54 Å². The van der Waals surface area contributed by atoms with Gasteiger partial charge in [-0.05, 0) is 23.3 Å². The van der Waals surface area contributed by atoms with E-state index in [1.807, 2.05) is 12.1 Å². The number of rotatable bonds is 4. The number of carbonyl (C=O) groups excluding carboxylic acids is 1. The van der Waals surface area contributed by atoms with Gasteiger partial charge in [-0.1, -0.05) is 36.4 Å². The molecular weight excluding hydrogens is 253 g/mol. The largest absolute Gasteiger partial charge is 0.294 e. The standard InChI is InChI=1S/C17H16FNO/c18-16-8-4-3-7-15(16)17(20)9-10-19-11-13-5-1-2-6-14(13)12-19/h1-8H,9-12H2. The molecule has 3 rings (SSSR count). The summed E-state index contributed by atoms with van der Waals surface area (Å²) in [5.74, 6) is -0.554. The van der Waals surface area contributed by atoms with Gasteiger partial charge >= 0.3 is 0 Å². The van der Waals surface area contributed by atoms with E-state index in [0.29, 0.717) is 13.0 Å². The number of benzene rings is 2. The van der Waals surface area contributed by atoms with Gasteiger partial charge in [-0.3, -0.25) is 9.69 Å². The van der Waals surface area contributed by atoms with E-state index >= 15 is 0 Å². The van der Waals surface area contributed by atoms with Gasteiger partial charge in [0.15, 0.2) is 5.78 Å². The minimum Gasteiger partial charge on any atom is -0.294 e. The predicted molar refractivity (Wildman–Crippen MR) is 75.9 cm³/mol. The van der Waals surface area contributed by atoms with Gasteiger partial charge in [0.1, 0.15) is 5.82 Å². The molecule has 0 atom stereocenters. The number of fused-ring (bicyclic) bond motifs is 1. The molecule has 3 heteroatoms.